The van der Waals surface area contributed by atoms with E-state index < -0.39 is 43.7 Å². The Kier molecular flexibility index (Phi) is 6.31. The predicted molar refractivity (Wildman–Crippen MR) is 142 cm³/mol. The van der Waals surface area contributed by atoms with Crippen molar-refractivity contribution >= 4 is 24.1 Å². The summed E-state index contributed by atoms with van der Waals surface area (Å²) >= 11 is 0. The van der Waals surface area contributed by atoms with E-state index in [0.717, 1.165) is 0 Å². The standard InChI is InChI=1S/C28H25F3N3O6P/c1-41(2,39)13-16-7-6-14(10-18(16)29)15-8-9-19-20(11-15)33-21-12-22(25(33)32-19)34(28(36,37)38)26(35)17-4-3-5-23(24(17)21)40-27(30)31/h3-11,21-22,27,36-38H,12-13H2,1-2H3. The van der Waals surface area contributed by atoms with Crippen molar-refractivity contribution < 1.29 is 42.6 Å². The maximum atomic E-state index is 14.9. The number of aromatic nitrogens is 2. The van der Waals surface area contributed by atoms with Gasteiger partial charge in [0.05, 0.1) is 24.2 Å². The molecule has 0 radical (unpaired) electrons. The average molecular weight is 587 g/mol. The number of rotatable bonds is 6. The molecule has 13 heteroatoms. The smallest absolute Gasteiger partial charge is 0.387 e. The molecule has 41 heavy (non-hydrogen) atoms. The molecule has 0 fully saturated rings. The van der Waals surface area contributed by atoms with Gasteiger partial charge in [-0.1, -0.05) is 24.3 Å². The van der Waals surface area contributed by atoms with Crippen LogP contribution in [0.2, 0.25) is 0 Å². The largest absolute Gasteiger partial charge is 0.434 e. The van der Waals surface area contributed by atoms with E-state index in [1.165, 1.54) is 24.3 Å². The lowest BCUT2D eigenvalue weighted by atomic mass is 9.97. The van der Waals surface area contributed by atoms with Crippen molar-refractivity contribution in [1.82, 2.24) is 14.5 Å². The summed E-state index contributed by atoms with van der Waals surface area (Å²) in [6.45, 7) is -0.0171. The van der Waals surface area contributed by atoms with Crippen LogP contribution in [0.1, 0.15) is 45.8 Å². The Morgan fingerprint density at radius 1 is 1.07 bits per heavy atom. The average Bonchev–Trinajstić information content (AvgIpc) is 3.36. The summed E-state index contributed by atoms with van der Waals surface area (Å²) < 4.78 is 60.3. The number of aliphatic hydroxyl groups is 3. The van der Waals surface area contributed by atoms with Crippen LogP contribution in [-0.4, -0.2) is 61.7 Å². The molecule has 0 aliphatic carbocycles. The molecular formula is C28H25F3N3O6P. The highest BCUT2D eigenvalue weighted by Gasteiger charge is 2.52. The fourth-order valence-corrected chi connectivity index (χ4v) is 6.98. The molecule has 9 nitrogen and oxygen atoms in total. The van der Waals surface area contributed by atoms with Gasteiger partial charge >= 0.3 is 12.7 Å². The number of imidazole rings is 1. The number of alkyl halides is 2. The Morgan fingerprint density at radius 3 is 2.44 bits per heavy atom. The minimum Gasteiger partial charge on any atom is -0.434 e. The zero-order valence-electron chi connectivity index (χ0n) is 21.8. The molecule has 0 saturated heterocycles. The highest BCUT2D eigenvalue weighted by atomic mass is 31.2. The Morgan fingerprint density at radius 2 is 1.78 bits per heavy atom. The number of hydrogen-bond acceptors (Lipinski definition) is 7. The van der Waals surface area contributed by atoms with Crippen LogP contribution in [0.15, 0.2) is 54.6 Å². The van der Waals surface area contributed by atoms with Crippen molar-refractivity contribution in [1.29, 1.82) is 0 Å². The lowest BCUT2D eigenvalue weighted by Crippen LogP contribution is -2.53. The zero-order valence-corrected chi connectivity index (χ0v) is 22.7. The molecule has 2 bridgehead atoms. The summed E-state index contributed by atoms with van der Waals surface area (Å²) in [6, 6.07) is 11.7. The summed E-state index contributed by atoms with van der Waals surface area (Å²) in [5.74, 6) is -1.58. The number of carbonyl (C=O) groups is 1. The van der Waals surface area contributed by atoms with Crippen molar-refractivity contribution in [3.05, 3.63) is 82.9 Å². The first-order valence-electron chi connectivity index (χ1n) is 12.7. The molecule has 2 unspecified atom stereocenters. The molecule has 2 aliphatic heterocycles. The van der Waals surface area contributed by atoms with E-state index in [0.29, 0.717) is 32.6 Å². The van der Waals surface area contributed by atoms with Crippen LogP contribution >= 0.6 is 7.14 Å². The van der Waals surface area contributed by atoms with E-state index in [1.807, 2.05) is 0 Å². The summed E-state index contributed by atoms with van der Waals surface area (Å²) in [4.78, 5) is 18.5. The molecule has 0 spiro atoms. The fraction of sp³-hybridized carbons (Fsp3) is 0.286. The number of nitrogens with zero attached hydrogens (tertiary/aromatic N) is 3. The van der Waals surface area contributed by atoms with E-state index in [2.05, 4.69) is 4.98 Å². The third-order valence-corrected chi connectivity index (χ3v) is 8.51. The molecule has 2 aliphatic rings. The van der Waals surface area contributed by atoms with E-state index in [4.69, 9.17) is 4.74 Å². The van der Waals surface area contributed by atoms with Crippen LogP contribution in [0.5, 0.6) is 5.75 Å². The van der Waals surface area contributed by atoms with E-state index in [-0.39, 0.29) is 35.3 Å². The molecule has 6 rings (SSSR count). The quantitative estimate of drug-likeness (QED) is 0.222. The Balaban J connectivity index is 1.54. The first-order chi connectivity index (χ1) is 19.2. The highest BCUT2D eigenvalue weighted by molar-refractivity contribution is 7.61. The molecule has 3 N–H and O–H groups in total. The number of amides is 1. The first-order valence-corrected chi connectivity index (χ1v) is 15.4. The van der Waals surface area contributed by atoms with Crippen molar-refractivity contribution in [3.8, 4) is 16.9 Å². The van der Waals surface area contributed by atoms with Gasteiger partial charge in [-0.3, -0.25) is 9.69 Å². The van der Waals surface area contributed by atoms with Gasteiger partial charge in [-0.15, -0.1) is 0 Å². The lowest BCUT2D eigenvalue weighted by Gasteiger charge is -2.34. The third-order valence-electron chi connectivity index (χ3n) is 7.41. The summed E-state index contributed by atoms with van der Waals surface area (Å²) in [5, 5.41) is 30.6. The number of fused-ring (bicyclic) bond motifs is 9. The van der Waals surface area contributed by atoms with Gasteiger partial charge in [-0.05, 0) is 60.4 Å². The van der Waals surface area contributed by atoms with Gasteiger partial charge in [0.1, 0.15) is 23.4 Å². The molecule has 3 heterocycles. The van der Waals surface area contributed by atoms with E-state index in [1.54, 1.807) is 48.2 Å². The van der Waals surface area contributed by atoms with Crippen LogP contribution < -0.4 is 4.74 Å². The minimum absolute atomic E-state index is 0.0221. The molecule has 3 aromatic carbocycles. The highest BCUT2D eigenvalue weighted by Crippen LogP contribution is 2.51. The summed E-state index contributed by atoms with van der Waals surface area (Å²) in [5.41, 5.74) is 2.35. The van der Waals surface area contributed by atoms with Crippen LogP contribution in [0.25, 0.3) is 22.2 Å². The molecular weight excluding hydrogens is 562 g/mol. The SMILES string of the molecule is CP(C)(=O)Cc1ccc(-c2ccc3nc4n(c3c2)C2CC4N(C(O)(O)O)C(=O)c3cccc(OC(F)F)c32)cc1F. The summed E-state index contributed by atoms with van der Waals surface area (Å²) in [6.07, 6.45) is -3.48. The third kappa shape index (κ3) is 4.70. The maximum absolute atomic E-state index is 14.9. The van der Waals surface area contributed by atoms with Gasteiger partial charge in [-0.25, -0.2) is 9.37 Å². The Hall–Kier alpha value is -3.70. The number of benzene rings is 3. The van der Waals surface area contributed by atoms with Crippen molar-refractivity contribution in [3.63, 3.8) is 0 Å². The number of hydrogen-bond donors (Lipinski definition) is 3. The van der Waals surface area contributed by atoms with Gasteiger partial charge in [0.2, 0.25) is 0 Å². The summed E-state index contributed by atoms with van der Waals surface area (Å²) in [7, 11) is -2.50. The molecule has 4 aromatic rings. The molecule has 1 amide bonds. The molecule has 2 atom stereocenters. The number of carbonyl (C=O) groups excluding carboxylic acids is 1. The van der Waals surface area contributed by atoms with Crippen LogP contribution in [-0.2, 0) is 10.7 Å². The Bertz CT molecular complexity index is 1760. The van der Waals surface area contributed by atoms with Gasteiger partial charge in [0, 0.05) is 23.7 Å². The van der Waals surface area contributed by atoms with Gasteiger partial charge < -0.3 is 29.2 Å². The minimum atomic E-state index is -3.58. The second-order valence-corrected chi connectivity index (χ2v) is 14.2. The molecule has 0 saturated carbocycles. The van der Waals surface area contributed by atoms with Crippen molar-refractivity contribution in [2.75, 3.05) is 13.3 Å². The predicted octanol–water partition coefficient (Wildman–Crippen LogP) is 4.64. The second kappa shape index (κ2) is 9.42. The monoisotopic (exact) mass is 587 g/mol. The number of halogens is 3. The van der Waals surface area contributed by atoms with E-state index >= 15 is 0 Å². The maximum Gasteiger partial charge on any atom is 0.387 e. The molecule has 1 aromatic heterocycles. The van der Waals surface area contributed by atoms with Crippen LogP contribution in [0, 0.1) is 5.82 Å². The van der Waals surface area contributed by atoms with Crippen molar-refractivity contribution in [2.24, 2.45) is 0 Å². The zero-order chi connectivity index (χ0) is 29.4. The van der Waals surface area contributed by atoms with Gasteiger partial charge in [0.25, 0.3) is 5.91 Å². The second-order valence-electron chi connectivity index (χ2n) is 10.7. The van der Waals surface area contributed by atoms with E-state index in [9.17, 15) is 37.9 Å². The van der Waals surface area contributed by atoms with Crippen molar-refractivity contribution in [2.45, 2.75) is 37.4 Å². The normalized spacial score (nSPS) is 18.6. The number of ether oxygens (including phenoxy) is 1. The van der Waals surface area contributed by atoms with Gasteiger partial charge in [0.15, 0.2) is 0 Å². The molecule has 214 valence electrons. The fourth-order valence-electron chi connectivity index (χ4n) is 5.90. The van der Waals surface area contributed by atoms with Crippen LogP contribution in [0.3, 0.4) is 0 Å². The topological polar surface area (TPSA) is 125 Å². The van der Waals surface area contributed by atoms with Gasteiger partial charge in [-0.2, -0.15) is 8.78 Å². The van der Waals surface area contributed by atoms with Crippen LogP contribution in [0.4, 0.5) is 13.2 Å². The Labute approximate surface area is 231 Å². The first kappa shape index (κ1) is 27.5. The lowest BCUT2D eigenvalue weighted by molar-refractivity contribution is -0.385.